The predicted molar refractivity (Wildman–Crippen MR) is 58.7 cm³/mol. The first kappa shape index (κ1) is 10.9. The number of terminal acetylenes is 1. The first-order valence-corrected chi connectivity index (χ1v) is 4.70. The van der Waals surface area contributed by atoms with E-state index >= 15 is 0 Å². The summed E-state index contributed by atoms with van der Waals surface area (Å²) in [6, 6.07) is 4.90. The standard InChI is InChI=1S/C10H7Cl2NO/c1-2-7-5-8(3-4-9(7)12)13-10(14)6-11/h1,3-5H,6H2,(H,13,14). The van der Waals surface area contributed by atoms with Gasteiger partial charge in [-0.15, -0.1) is 18.0 Å². The minimum absolute atomic E-state index is 0.0893. The Balaban J connectivity index is 2.91. The Morgan fingerprint density at radius 1 is 1.57 bits per heavy atom. The summed E-state index contributed by atoms with van der Waals surface area (Å²) >= 11 is 11.1. The molecule has 14 heavy (non-hydrogen) atoms. The van der Waals surface area contributed by atoms with Crippen molar-refractivity contribution in [2.45, 2.75) is 0 Å². The van der Waals surface area contributed by atoms with Gasteiger partial charge in [-0.05, 0) is 18.2 Å². The van der Waals surface area contributed by atoms with Crippen molar-refractivity contribution in [3.8, 4) is 12.3 Å². The van der Waals surface area contributed by atoms with Crippen molar-refractivity contribution < 1.29 is 4.79 Å². The highest BCUT2D eigenvalue weighted by molar-refractivity contribution is 6.32. The molecular weight excluding hydrogens is 221 g/mol. The molecule has 0 radical (unpaired) electrons. The zero-order chi connectivity index (χ0) is 10.6. The van der Waals surface area contributed by atoms with Crippen LogP contribution in [0.3, 0.4) is 0 Å². The van der Waals surface area contributed by atoms with Crippen molar-refractivity contribution in [2.24, 2.45) is 0 Å². The fourth-order valence-electron chi connectivity index (χ4n) is 0.908. The van der Waals surface area contributed by atoms with E-state index in [1.807, 2.05) is 0 Å². The Hall–Kier alpha value is -1.17. The van der Waals surface area contributed by atoms with Crippen molar-refractivity contribution in [2.75, 3.05) is 11.2 Å². The molecule has 0 aliphatic heterocycles. The lowest BCUT2D eigenvalue weighted by atomic mass is 10.2. The third-order valence-corrected chi connectivity index (χ3v) is 2.10. The highest BCUT2D eigenvalue weighted by Crippen LogP contribution is 2.19. The Labute approximate surface area is 92.2 Å². The van der Waals surface area contributed by atoms with E-state index in [4.69, 9.17) is 29.6 Å². The third kappa shape index (κ3) is 2.66. The summed E-state index contributed by atoms with van der Waals surface area (Å²) in [5, 5.41) is 3.05. The highest BCUT2D eigenvalue weighted by atomic mass is 35.5. The van der Waals surface area contributed by atoms with Crippen LogP contribution in [0.15, 0.2) is 18.2 Å². The lowest BCUT2D eigenvalue weighted by Crippen LogP contribution is -2.12. The molecule has 0 atom stereocenters. The first-order valence-electron chi connectivity index (χ1n) is 3.79. The Morgan fingerprint density at radius 3 is 2.86 bits per heavy atom. The van der Waals surface area contributed by atoms with E-state index in [-0.39, 0.29) is 11.8 Å². The van der Waals surface area contributed by atoms with Gasteiger partial charge < -0.3 is 5.32 Å². The van der Waals surface area contributed by atoms with Gasteiger partial charge in [0.25, 0.3) is 0 Å². The molecule has 1 N–H and O–H groups in total. The molecule has 0 unspecified atom stereocenters. The molecule has 4 heteroatoms. The average Bonchev–Trinajstić information content (AvgIpc) is 2.20. The van der Waals surface area contributed by atoms with Crippen LogP contribution in [0.5, 0.6) is 0 Å². The Bertz CT molecular complexity index is 396. The predicted octanol–water partition coefficient (Wildman–Crippen LogP) is 2.50. The van der Waals surface area contributed by atoms with Gasteiger partial charge in [-0.3, -0.25) is 4.79 Å². The van der Waals surface area contributed by atoms with E-state index in [0.717, 1.165) is 0 Å². The molecule has 0 aliphatic carbocycles. The molecule has 0 bridgehead atoms. The number of alkyl halides is 1. The summed E-state index contributed by atoms with van der Waals surface area (Å²) in [6.45, 7) is 0. The van der Waals surface area contributed by atoms with Crippen molar-refractivity contribution in [1.82, 2.24) is 0 Å². The number of hydrogen-bond donors (Lipinski definition) is 1. The molecule has 2 nitrogen and oxygen atoms in total. The van der Waals surface area contributed by atoms with Crippen LogP contribution in [0.25, 0.3) is 0 Å². The van der Waals surface area contributed by atoms with Crippen molar-refractivity contribution >= 4 is 34.8 Å². The van der Waals surface area contributed by atoms with Crippen LogP contribution in [0.4, 0.5) is 5.69 Å². The molecule has 0 aromatic heterocycles. The number of rotatable bonds is 2. The Morgan fingerprint density at radius 2 is 2.29 bits per heavy atom. The number of halogens is 2. The molecule has 0 saturated carbocycles. The van der Waals surface area contributed by atoms with Crippen molar-refractivity contribution in [1.29, 1.82) is 0 Å². The minimum Gasteiger partial charge on any atom is -0.325 e. The summed E-state index contributed by atoms with van der Waals surface area (Å²) in [4.78, 5) is 10.9. The summed E-state index contributed by atoms with van der Waals surface area (Å²) in [5.41, 5.74) is 1.13. The number of amides is 1. The first-order chi connectivity index (χ1) is 6.67. The van der Waals surface area contributed by atoms with Gasteiger partial charge in [-0.2, -0.15) is 0 Å². The van der Waals surface area contributed by atoms with Crippen LogP contribution in [0.2, 0.25) is 5.02 Å². The van der Waals surface area contributed by atoms with Gasteiger partial charge in [-0.1, -0.05) is 17.5 Å². The second-order valence-electron chi connectivity index (χ2n) is 2.52. The molecule has 1 amide bonds. The topological polar surface area (TPSA) is 29.1 Å². The van der Waals surface area contributed by atoms with Crippen molar-refractivity contribution in [3.05, 3.63) is 28.8 Å². The SMILES string of the molecule is C#Cc1cc(NC(=O)CCl)ccc1Cl. The van der Waals surface area contributed by atoms with E-state index < -0.39 is 0 Å². The van der Waals surface area contributed by atoms with Crippen LogP contribution in [0, 0.1) is 12.3 Å². The minimum atomic E-state index is -0.281. The van der Waals surface area contributed by atoms with Gasteiger partial charge in [0.2, 0.25) is 5.91 Å². The number of anilines is 1. The van der Waals surface area contributed by atoms with Crippen LogP contribution in [-0.4, -0.2) is 11.8 Å². The van der Waals surface area contributed by atoms with Crippen LogP contribution in [0.1, 0.15) is 5.56 Å². The van der Waals surface area contributed by atoms with Gasteiger partial charge in [0, 0.05) is 11.3 Å². The maximum Gasteiger partial charge on any atom is 0.239 e. The summed E-state index contributed by atoms with van der Waals surface area (Å²) in [5.74, 6) is 2.04. The second kappa shape index (κ2) is 4.90. The van der Waals surface area contributed by atoms with E-state index in [9.17, 15) is 4.79 Å². The number of carbonyl (C=O) groups excluding carboxylic acids is 1. The third-order valence-electron chi connectivity index (χ3n) is 1.53. The molecular formula is C10H7Cl2NO. The molecule has 0 saturated heterocycles. The fraction of sp³-hybridized carbons (Fsp3) is 0.100. The van der Waals surface area contributed by atoms with Gasteiger partial charge in [0.1, 0.15) is 5.88 Å². The van der Waals surface area contributed by atoms with Gasteiger partial charge in [0.15, 0.2) is 0 Å². The zero-order valence-electron chi connectivity index (χ0n) is 7.18. The van der Waals surface area contributed by atoms with Crippen LogP contribution >= 0.6 is 23.2 Å². The summed E-state index contributed by atoms with van der Waals surface area (Å²) in [7, 11) is 0. The van der Waals surface area contributed by atoms with E-state index in [0.29, 0.717) is 16.3 Å². The second-order valence-corrected chi connectivity index (χ2v) is 3.20. The zero-order valence-corrected chi connectivity index (χ0v) is 8.69. The highest BCUT2D eigenvalue weighted by Gasteiger charge is 2.02. The lowest BCUT2D eigenvalue weighted by molar-refractivity contribution is -0.113. The molecule has 0 spiro atoms. The van der Waals surface area contributed by atoms with E-state index in [1.54, 1.807) is 18.2 Å². The summed E-state index contributed by atoms with van der Waals surface area (Å²) < 4.78 is 0. The average molecular weight is 228 g/mol. The largest absolute Gasteiger partial charge is 0.325 e. The molecule has 0 aliphatic rings. The Kier molecular flexibility index (Phi) is 3.82. The maximum absolute atomic E-state index is 10.9. The van der Waals surface area contributed by atoms with Crippen LogP contribution in [-0.2, 0) is 4.79 Å². The number of carbonyl (C=O) groups is 1. The van der Waals surface area contributed by atoms with Gasteiger partial charge in [0.05, 0.1) is 5.02 Å². The number of hydrogen-bond acceptors (Lipinski definition) is 1. The molecule has 1 aromatic rings. The monoisotopic (exact) mass is 227 g/mol. The molecule has 0 heterocycles. The van der Waals surface area contributed by atoms with Crippen molar-refractivity contribution in [3.63, 3.8) is 0 Å². The fourth-order valence-corrected chi connectivity index (χ4v) is 1.15. The van der Waals surface area contributed by atoms with E-state index in [1.165, 1.54) is 0 Å². The number of benzene rings is 1. The van der Waals surface area contributed by atoms with E-state index in [2.05, 4.69) is 11.2 Å². The number of nitrogens with one attached hydrogen (secondary N) is 1. The molecule has 1 rings (SSSR count). The lowest BCUT2D eigenvalue weighted by Gasteiger charge is -2.04. The smallest absolute Gasteiger partial charge is 0.239 e. The van der Waals surface area contributed by atoms with Crippen LogP contribution < -0.4 is 5.32 Å². The maximum atomic E-state index is 10.9. The normalized spacial score (nSPS) is 9.21. The molecule has 72 valence electrons. The quantitative estimate of drug-likeness (QED) is 0.611. The molecule has 1 aromatic carbocycles. The van der Waals surface area contributed by atoms with Gasteiger partial charge >= 0.3 is 0 Å². The summed E-state index contributed by atoms with van der Waals surface area (Å²) in [6.07, 6.45) is 5.21. The molecule has 0 fully saturated rings. The van der Waals surface area contributed by atoms with Gasteiger partial charge in [-0.25, -0.2) is 0 Å².